The maximum atomic E-state index is 12.1. The van der Waals surface area contributed by atoms with Gasteiger partial charge >= 0.3 is 4.87 Å². The van der Waals surface area contributed by atoms with E-state index < -0.39 is 0 Å². The fourth-order valence-corrected chi connectivity index (χ4v) is 2.46. The predicted octanol–water partition coefficient (Wildman–Crippen LogP) is 2.31. The van der Waals surface area contributed by atoms with Crippen molar-refractivity contribution in [2.24, 2.45) is 0 Å². The smallest absolute Gasteiger partial charge is 0.305 e. The fraction of sp³-hybridized carbons (Fsp3) is 0.231. The van der Waals surface area contributed by atoms with Gasteiger partial charge in [0.2, 0.25) is 0 Å². The summed E-state index contributed by atoms with van der Waals surface area (Å²) in [5.41, 5.74) is 2.17. The van der Waals surface area contributed by atoms with Crippen LogP contribution in [-0.4, -0.2) is 18.0 Å². The first kappa shape index (κ1) is 13.4. The first-order valence-electron chi connectivity index (χ1n) is 5.67. The van der Waals surface area contributed by atoms with E-state index in [0.717, 1.165) is 16.9 Å². The molecule has 0 unspecified atom stereocenters. The molecule has 1 aromatic heterocycles. The molecule has 0 aliphatic heterocycles. The first-order valence-corrected chi connectivity index (χ1v) is 6.48. The van der Waals surface area contributed by atoms with Crippen molar-refractivity contribution in [1.82, 2.24) is 4.98 Å². The zero-order valence-corrected chi connectivity index (χ0v) is 11.7. The molecule has 0 saturated heterocycles. The molecule has 0 fully saturated rings. The molecule has 0 aliphatic rings. The van der Waals surface area contributed by atoms with Crippen LogP contribution >= 0.6 is 11.3 Å². The van der Waals surface area contributed by atoms with Crippen molar-refractivity contribution >= 4 is 22.9 Å². The third-order valence-corrected chi connectivity index (χ3v) is 3.62. The van der Waals surface area contributed by atoms with Gasteiger partial charge in [-0.3, -0.25) is 9.59 Å². The minimum absolute atomic E-state index is 0.237. The number of amides is 1. The Morgan fingerprint density at radius 2 is 2.11 bits per heavy atom. The average Bonchev–Trinajstić information content (AvgIpc) is 2.69. The van der Waals surface area contributed by atoms with Gasteiger partial charge in [-0.05, 0) is 31.5 Å². The van der Waals surface area contributed by atoms with E-state index in [1.807, 2.05) is 19.1 Å². The number of thiazole rings is 1. The van der Waals surface area contributed by atoms with Crippen LogP contribution in [0.3, 0.4) is 0 Å². The van der Waals surface area contributed by atoms with Gasteiger partial charge in [0.05, 0.1) is 12.8 Å². The summed E-state index contributed by atoms with van der Waals surface area (Å²) in [4.78, 5) is 26.0. The lowest BCUT2D eigenvalue weighted by Gasteiger charge is -2.10. The van der Waals surface area contributed by atoms with Crippen LogP contribution in [0, 0.1) is 13.8 Å². The average molecular weight is 278 g/mol. The van der Waals surface area contributed by atoms with Gasteiger partial charge in [-0.25, -0.2) is 0 Å². The lowest BCUT2D eigenvalue weighted by atomic mass is 10.2. The second-order valence-electron chi connectivity index (χ2n) is 4.13. The zero-order chi connectivity index (χ0) is 14.0. The molecule has 0 radical (unpaired) electrons. The number of hydrogen-bond acceptors (Lipinski definition) is 4. The van der Waals surface area contributed by atoms with Crippen LogP contribution in [0.25, 0.3) is 0 Å². The van der Waals surface area contributed by atoms with Crippen LogP contribution in [0.4, 0.5) is 5.69 Å². The van der Waals surface area contributed by atoms with Gasteiger partial charge < -0.3 is 15.0 Å². The summed E-state index contributed by atoms with van der Waals surface area (Å²) >= 11 is 0.895. The maximum absolute atomic E-state index is 12.1. The number of H-pyrrole nitrogens is 1. The second kappa shape index (κ2) is 5.27. The molecule has 100 valence electrons. The summed E-state index contributed by atoms with van der Waals surface area (Å²) < 4.78 is 5.19. The molecule has 0 aliphatic carbocycles. The minimum Gasteiger partial charge on any atom is -0.495 e. The maximum Gasteiger partial charge on any atom is 0.305 e. The Morgan fingerprint density at radius 3 is 2.68 bits per heavy atom. The zero-order valence-electron chi connectivity index (χ0n) is 10.9. The number of methoxy groups -OCH3 is 1. The minimum atomic E-state index is -0.315. The van der Waals surface area contributed by atoms with Gasteiger partial charge in [0.1, 0.15) is 10.6 Å². The van der Waals surface area contributed by atoms with E-state index in [1.165, 1.54) is 0 Å². The summed E-state index contributed by atoms with van der Waals surface area (Å²) in [6, 6.07) is 5.51. The largest absolute Gasteiger partial charge is 0.495 e. The molecule has 5 nitrogen and oxygen atoms in total. The van der Waals surface area contributed by atoms with Crippen molar-refractivity contribution in [2.75, 3.05) is 12.4 Å². The molecule has 19 heavy (non-hydrogen) atoms. The Labute approximate surface area is 114 Å². The van der Waals surface area contributed by atoms with Crippen LogP contribution in [0.2, 0.25) is 0 Å². The molecule has 0 saturated carbocycles. The highest BCUT2D eigenvalue weighted by Crippen LogP contribution is 2.26. The summed E-state index contributed by atoms with van der Waals surface area (Å²) in [6.07, 6.45) is 0. The van der Waals surface area contributed by atoms with E-state index in [9.17, 15) is 9.59 Å². The van der Waals surface area contributed by atoms with E-state index >= 15 is 0 Å². The number of benzene rings is 1. The SMILES string of the molecule is COc1ccc(C)cc1NC(=O)c1sc(=O)[nH]c1C. The molecule has 1 amide bonds. The number of aromatic amines is 1. The molecule has 1 aromatic carbocycles. The van der Waals surface area contributed by atoms with Crippen LogP contribution in [-0.2, 0) is 0 Å². The molecule has 0 spiro atoms. The Morgan fingerprint density at radius 1 is 1.37 bits per heavy atom. The Kier molecular flexibility index (Phi) is 3.71. The lowest BCUT2D eigenvalue weighted by Crippen LogP contribution is -2.12. The van der Waals surface area contributed by atoms with E-state index in [1.54, 1.807) is 20.1 Å². The number of nitrogens with one attached hydrogen (secondary N) is 2. The van der Waals surface area contributed by atoms with Crippen LogP contribution in [0.5, 0.6) is 5.75 Å². The molecule has 0 bridgehead atoms. The number of carbonyl (C=O) groups excluding carboxylic acids is 1. The van der Waals surface area contributed by atoms with Crippen molar-refractivity contribution in [3.8, 4) is 5.75 Å². The molecular formula is C13H14N2O3S. The van der Waals surface area contributed by atoms with Crippen molar-refractivity contribution in [3.63, 3.8) is 0 Å². The highest BCUT2D eigenvalue weighted by atomic mass is 32.1. The quantitative estimate of drug-likeness (QED) is 0.905. The molecule has 2 aromatic rings. The third kappa shape index (κ3) is 2.85. The Bertz CT molecular complexity index is 673. The van der Waals surface area contributed by atoms with Crippen molar-refractivity contribution in [2.45, 2.75) is 13.8 Å². The van der Waals surface area contributed by atoms with Gasteiger partial charge in [-0.1, -0.05) is 17.4 Å². The van der Waals surface area contributed by atoms with E-state index in [-0.39, 0.29) is 10.8 Å². The fourth-order valence-electron chi connectivity index (χ4n) is 1.72. The van der Waals surface area contributed by atoms with Crippen molar-refractivity contribution in [3.05, 3.63) is 44.0 Å². The Hall–Kier alpha value is -2.08. The Balaban J connectivity index is 2.31. The molecular weight excluding hydrogens is 264 g/mol. The number of hydrogen-bond donors (Lipinski definition) is 2. The topological polar surface area (TPSA) is 71.2 Å². The number of rotatable bonds is 3. The first-order chi connectivity index (χ1) is 9.01. The van der Waals surface area contributed by atoms with Crippen LogP contribution in [0.15, 0.2) is 23.0 Å². The van der Waals surface area contributed by atoms with E-state index in [4.69, 9.17) is 4.74 Å². The van der Waals surface area contributed by atoms with Gasteiger partial charge in [0.15, 0.2) is 0 Å². The van der Waals surface area contributed by atoms with Gasteiger partial charge in [-0.2, -0.15) is 0 Å². The van der Waals surface area contributed by atoms with E-state index in [0.29, 0.717) is 22.0 Å². The third-order valence-electron chi connectivity index (χ3n) is 2.63. The van der Waals surface area contributed by atoms with Crippen molar-refractivity contribution < 1.29 is 9.53 Å². The van der Waals surface area contributed by atoms with Gasteiger partial charge in [-0.15, -0.1) is 0 Å². The van der Waals surface area contributed by atoms with Crippen molar-refractivity contribution in [1.29, 1.82) is 0 Å². The number of aromatic nitrogens is 1. The molecule has 0 atom stereocenters. The van der Waals surface area contributed by atoms with Gasteiger partial charge in [0.25, 0.3) is 5.91 Å². The number of ether oxygens (including phenoxy) is 1. The number of aryl methyl sites for hydroxylation is 2. The monoisotopic (exact) mass is 278 g/mol. The lowest BCUT2D eigenvalue weighted by molar-refractivity contribution is 0.102. The highest BCUT2D eigenvalue weighted by Gasteiger charge is 2.15. The summed E-state index contributed by atoms with van der Waals surface area (Å²) in [6.45, 7) is 3.62. The number of anilines is 1. The number of carbonyl (C=O) groups is 1. The summed E-state index contributed by atoms with van der Waals surface area (Å²) in [7, 11) is 1.54. The molecule has 6 heteroatoms. The van der Waals surface area contributed by atoms with Crippen LogP contribution < -0.4 is 14.9 Å². The molecule has 1 heterocycles. The summed E-state index contributed by atoms with van der Waals surface area (Å²) in [5.74, 6) is 0.268. The van der Waals surface area contributed by atoms with E-state index in [2.05, 4.69) is 10.3 Å². The second-order valence-corrected chi connectivity index (χ2v) is 5.11. The summed E-state index contributed by atoms with van der Waals surface area (Å²) in [5, 5.41) is 2.76. The molecule has 2 N–H and O–H groups in total. The normalized spacial score (nSPS) is 10.3. The van der Waals surface area contributed by atoms with Gasteiger partial charge in [0, 0.05) is 5.69 Å². The molecule has 2 rings (SSSR count). The van der Waals surface area contributed by atoms with Crippen LogP contribution in [0.1, 0.15) is 20.9 Å². The predicted molar refractivity (Wildman–Crippen MR) is 75.4 cm³/mol. The highest BCUT2D eigenvalue weighted by molar-refractivity contribution is 7.11. The standard InChI is InChI=1S/C13H14N2O3S/c1-7-4-5-10(18-3)9(6-7)15-12(16)11-8(2)14-13(17)19-11/h4-6H,1-3H3,(H,14,17)(H,15,16).